The van der Waals surface area contributed by atoms with Gasteiger partial charge in [-0.25, -0.2) is 9.78 Å². The van der Waals surface area contributed by atoms with Crippen molar-refractivity contribution >= 4 is 46.2 Å². The topological polar surface area (TPSA) is 92.4 Å². The van der Waals surface area contributed by atoms with Crippen molar-refractivity contribution in [3.63, 3.8) is 0 Å². The van der Waals surface area contributed by atoms with Crippen molar-refractivity contribution in [3.05, 3.63) is 65.1 Å². The standard InChI is InChI=1S/C17H11ClN2O4/c18-12-4-5-15-14(7-12)20-16(24-15)11(9-21)8-19-13-3-1-2-10(6-13)17(22)23/h1-9,19H,(H,22,23)/b11-8-. The zero-order valence-corrected chi connectivity index (χ0v) is 12.9. The molecular formula is C17H11ClN2O4. The molecule has 0 spiro atoms. The lowest BCUT2D eigenvalue weighted by molar-refractivity contribution is -0.103. The lowest BCUT2D eigenvalue weighted by atomic mass is 10.2. The molecule has 24 heavy (non-hydrogen) atoms. The van der Waals surface area contributed by atoms with Gasteiger partial charge in [0.15, 0.2) is 11.9 Å². The van der Waals surface area contributed by atoms with Crippen LogP contribution in [-0.2, 0) is 4.79 Å². The minimum Gasteiger partial charge on any atom is -0.478 e. The predicted molar refractivity (Wildman–Crippen MR) is 90.1 cm³/mol. The number of carboxylic acid groups (broad SMARTS) is 1. The number of hydrogen-bond donors (Lipinski definition) is 2. The second-order valence-corrected chi connectivity index (χ2v) is 5.32. The van der Waals surface area contributed by atoms with Gasteiger partial charge in [0.05, 0.1) is 11.1 Å². The Morgan fingerprint density at radius 2 is 2.08 bits per heavy atom. The Kier molecular flexibility index (Phi) is 4.31. The van der Waals surface area contributed by atoms with Gasteiger partial charge in [-0.2, -0.15) is 0 Å². The SMILES string of the molecule is O=C/C(=C/Nc1cccc(C(=O)O)c1)c1nc2cc(Cl)ccc2o1. The number of hydrogen-bond acceptors (Lipinski definition) is 5. The van der Waals surface area contributed by atoms with Crippen LogP contribution in [0.4, 0.5) is 5.69 Å². The van der Waals surface area contributed by atoms with Gasteiger partial charge in [-0.3, -0.25) is 4.79 Å². The largest absolute Gasteiger partial charge is 0.478 e. The number of fused-ring (bicyclic) bond motifs is 1. The second kappa shape index (κ2) is 6.55. The number of carbonyl (C=O) groups is 2. The van der Waals surface area contributed by atoms with Gasteiger partial charge in [0, 0.05) is 16.9 Å². The number of carbonyl (C=O) groups excluding carboxylic acids is 1. The first-order valence-electron chi connectivity index (χ1n) is 6.88. The van der Waals surface area contributed by atoms with E-state index < -0.39 is 5.97 Å². The molecule has 0 amide bonds. The Morgan fingerprint density at radius 3 is 2.83 bits per heavy atom. The van der Waals surface area contributed by atoms with E-state index >= 15 is 0 Å². The third-order valence-corrected chi connectivity index (χ3v) is 3.46. The maximum absolute atomic E-state index is 11.3. The van der Waals surface area contributed by atoms with E-state index in [9.17, 15) is 9.59 Å². The maximum Gasteiger partial charge on any atom is 0.335 e. The number of aldehydes is 1. The summed E-state index contributed by atoms with van der Waals surface area (Å²) >= 11 is 5.90. The molecule has 0 saturated heterocycles. The first-order valence-corrected chi connectivity index (χ1v) is 7.26. The van der Waals surface area contributed by atoms with Crippen LogP contribution in [0, 0.1) is 0 Å². The van der Waals surface area contributed by atoms with Crippen LogP contribution in [0.5, 0.6) is 0 Å². The van der Waals surface area contributed by atoms with Crippen LogP contribution >= 0.6 is 11.6 Å². The molecular weight excluding hydrogens is 332 g/mol. The number of aromatic nitrogens is 1. The lowest BCUT2D eigenvalue weighted by Crippen LogP contribution is -1.98. The molecule has 0 radical (unpaired) electrons. The van der Waals surface area contributed by atoms with Crippen molar-refractivity contribution in [1.29, 1.82) is 0 Å². The number of anilines is 1. The normalized spacial score (nSPS) is 11.5. The maximum atomic E-state index is 11.3. The van der Waals surface area contributed by atoms with Crippen LogP contribution in [0.15, 0.2) is 53.1 Å². The summed E-state index contributed by atoms with van der Waals surface area (Å²) in [6.07, 6.45) is 2.00. The Morgan fingerprint density at radius 1 is 1.25 bits per heavy atom. The van der Waals surface area contributed by atoms with E-state index in [1.807, 2.05) is 0 Å². The van der Waals surface area contributed by atoms with Gasteiger partial charge in [-0.1, -0.05) is 17.7 Å². The highest BCUT2D eigenvalue weighted by Crippen LogP contribution is 2.23. The molecule has 7 heteroatoms. The molecule has 0 unspecified atom stereocenters. The molecule has 1 heterocycles. The summed E-state index contributed by atoms with van der Waals surface area (Å²) in [5.74, 6) is -0.891. The predicted octanol–water partition coefficient (Wildman–Crippen LogP) is 3.83. The monoisotopic (exact) mass is 342 g/mol. The van der Waals surface area contributed by atoms with Gasteiger partial charge in [-0.05, 0) is 36.4 Å². The Hall–Kier alpha value is -3.12. The molecule has 0 saturated carbocycles. The Bertz CT molecular complexity index is 962. The van der Waals surface area contributed by atoms with Crippen molar-refractivity contribution in [2.45, 2.75) is 0 Å². The molecule has 0 atom stereocenters. The summed E-state index contributed by atoms with van der Waals surface area (Å²) in [4.78, 5) is 26.5. The van der Waals surface area contributed by atoms with E-state index in [1.165, 1.54) is 18.3 Å². The molecule has 0 aliphatic rings. The summed E-state index contributed by atoms with van der Waals surface area (Å²) < 4.78 is 5.52. The average Bonchev–Trinajstić information content (AvgIpc) is 2.98. The van der Waals surface area contributed by atoms with Crippen LogP contribution in [0.1, 0.15) is 16.2 Å². The number of carboxylic acids is 1. The number of halogens is 1. The quantitative estimate of drug-likeness (QED) is 0.540. The molecule has 0 fully saturated rings. The van der Waals surface area contributed by atoms with Gasteiger partial charge >= 0.3 is 5.97 Å². The highest BCUT2D eigenvalue weighted by molar-refractivity contribution is 6.31. The number of oxazole rings is 1. The summed E-state index contributed by atoms with van der Waals surface area (Å²) in [6.45, 7) is 0. The number of benzene rings is 2. The van der Waals surface area contributed by atoms with Gasteiger partial charge in [0.1, 0.15) is 5.52 Å². The number of nitrogens with one attached hydrogen (secondary N) is 1. The lowest BCUT2D eigenvalue weighted by Gasteiger charge is -2.02. The molecule has 120 valence electrons. The zero-order valence-electron chi connectivity index (χ0n) is 12.2. The highest BCUT2D eigenvalue weighted by atomic mass is 35.5. The Balaban J connectivity index is 1.89. The van der Waals surface area contributed by atoms with Crippen LogP contribution in [0.25, 0.3) is 16.7 Å². The molecule has 0 aliphatic heterocycles. The zero-order chi connectivity index (χ0) is 17.1. The smallest absolute Gasteiger partial charge is 0.335 e. The minimum absolute atomic E-state index is 0.137. The summed E-state index contributed by atoms with van der Waals surface area (Å²) in [7, 11) is 0. The van der Waals surface area contributed by atoms with E-state index in [-0.39, 0.29) is 17.0 Å². The number of nitrogens with zero attached hydrogens (tertiary/aromatic N) is 1. The molecule has 2 N–H and O–H groups in total. The average molecular weight is 343 g/mol. The first-order chi connectivity index (χ1) is 11.6. The van der Waals surface area contributed by atoms with Gasteiger partial charge < -0.3 is 14.8 Å². The van der Waals surface area contributed by atoms with Crippen molar-refractivity contribution in [3.8, 4) is 0 Å². The van der Waals surface area contributed by atoms with E-state index in [2.05, 4.69) is 10.3 Å². The molecule has 1 aromatic heterocycles. The molecule has 3 aromatic rings. The van der Waals surface area contributed by atoms with E-state index in [0.29, 0.717) is 28.1 Å². The van der Waals surface area contributed by atoms with Gasteiger partial charge in [-0.15, -0.1) is 0 Å². The fourth-order valence-electron chi connectivity index (χ4n) is 2.07. The van der Waals surface area contributed by atoms with Crippen molar-refractivity contribution in [2.24, 2.45) is 0 Å². The van der Waals surface area contributed by atoms with Crippen LogP contribution < -0.4 is 5.32 Å². The fourth-order valence-corrected chi connectivity index (χ4v) is 2.24. The molecule has 6 nitrogen and oxygen atoms in total. The van der Waals surface area contributed by atoms with E-state index in [0.717, 1.165) is 0 Å². The molecule has 0 aliphatic carbocycles. The highest BCUT2D eigenvalue weighted by Gasteiger charge is 2.11. The summed E-state index contributed by atoms with van der Waals surface area (Å²) in [5, 5.41) is 12.4. The van der Waals surface area contributed by atoms with Crippen LogP contribution in [-0.4, -0.2) is 22.3 Å². The third-order valence-electron chi connectivity index (χ3n) is 3.23. The molecule has 2 aromatic carbocycles. The van der Waals surface area contributed by atoms with Gasteiger partial charge in [0.25, 0.3) is 0 Å². The van der Waals surface area contributed by atoms with Gasteiger partial charge in [0.2, 0.25) is 5.89 Å². The number of rotatable bonds is 5. The van der Waals surface area contributed by atoms with E-state index in [4.69, 9.17) is 21.1 Å². The first kappa shape index (κ1) is 15.8. The molecule has 0 bridgehead atoms. The summed E-state index contributed by atoms with van der Waals surface area (Å²) in [6, 6.07) is 11.2. The van der Waals surface area contributed by atoms with Crippen molar-refractivity contribution < 1.29 is 19.1 Å². The number of allylic oxidation sites excluding steroid dienone is 1. The van der Waals surface area contributed by atoms with E-state index in [1.54, 1.807) is 30.3 Å². The second-order valence-electron chi connectivity index (χ2n) is 4.88. The van der Waals surface area contributed by atoms with Crippen molar-refractivity contribution in [1.82, 2.24) is 4.98 Å². The van der Waals surface area contributed by atoms with Crippen LogP contribution in [0.2, 0.25) is 5.02 Å². The summed E-state index contributed by atoms with van der Waals surface area (Å²) in [5.41, 5.74) is 1.89. The molecule has 3 rings (SSSR count). The van der Waals surface area contributed by atoms with Crippen LogP contribution in [0.3, 0.4) is 0 Å². The fraction of sp³-hybridized carbons (Fsp3) is 0. The van der Waals surface area contributed by atoms with Crippen molar-refractivity contribution in [2.75, 3.05) is 5.32 Å². The minimum atomic E-state index is -1.03. The Labute approximate surface area is 141 Å². The third kappa shape index (κ3) is 3.28. The number of aromatic carboxylic acids is 1.